The number of hydrogen-bond donors (Lipinski definition) is 0. The molecule has 0 saturated carbocycles. The molecular formula is C16H14OS. The summed E-state index contributed by atoms with van der Waals surface area (Å²) in [6, 6.07) is 21.2. The molecule has 0 spiro atoms. The Morgan fingerprint density at radius 1 is 0.833 bits per heavy atom. The van der Waals surface area contributed by atoms with Crippen molar-refractivity contribution in [1.82, 2.24) is 0 Å². The minimum Gasteiger partial charge on any atom is -0.434 e. The molecule has 90 valence electrons. The molecule has 0 saturated heterocycles. The van der Waals surface area contributed by atoms with Crippen molar-refractivity contribution in [3.8, 4) is 0 Å². The SMILES string of the molecule is C1=CC(c2ccccc2)(c2ccccc2)CSO1. The number of rotatable bonds is 2. The number of hydrogen-bond acceptors (Lipinski definition) is 2. The Bertz CT molecular complexity index is 494. The molecule has 2 aromatic carbocycles. The van der Waals surface area contributed by atoms with Crippen molar-refractivity contribution in [3.63, 3.8) is 0 Å². The van der Waals surface area contributed by atoms with E-state index in [1.165, 1.54) is 23.2 Å². The van der Waals surface area contributed by atoms with Crippen LogP contribution in [0.3, 0.4) is 0 Å². The van der Waals surface area contributed by atoms with E-state index in [2.05, 4.69) is 66.7 Å². The van der Waals surface area contributed by atoms with Gasteiger partial charge >= 0.3 is 0 Å². The van der Waals surface area contributed by atoms with E-state index in [1.54, 1.807) is 6.26 Å². The Morgan fingerprint density at radius 2 is 1.39 bits per heavy atom. The van der Waals surface area contributed by atoms with E-state index in [0.29, 0.717) is 0 Å². The van der Waals surface area contributed by atoms with Gasteiger partial charge in [0.05, 0.1) is 23.7 Å². The first-order chi connectivity index (χ1) is 8.92. The van der Waals surface area contributed by atoms with Crippen LogP contribution in [0.1, 0.15) is 11.1 Å². The second-order valence-corrected chi connectivity index (χ2v) is 5.08. The molecule has 2 aromatic rings. The summed E-state index contributed by atoms with van der Waals surface area (Å²) in [4.78, 5) is 0. The summed E-state index contributed by atoms with van der Waals surface area (Å²) < 4.78 is 5.30. The Labute approximate surface area is 112 Å². The summed E-state index contributed by atoms with van der Waals surface area (Å²) in [7, 11) is 0. The number of allylic oxidation sites excluding steroid dienone is 1. The standard InChI is InChI=1S/C16H14OS/c1-3-7-14(8-4-1)16(11-12-17-18-13-16)15-9-5-2-6-10-15/h1-12H,13H2. The molecule has 0 atom stereocenters. The van der Waals surface area contributed by atoms with Crippen molar-refractivity contribution in [3.05, 3.63) is 84.1 Å². The van der Waals surface area contributed by atoms with E-state index < -0.39 is 0 Å². The van der Waals surface area contributed by atoms with Gasteiger partial charge in [-0.15, -0.1) is 0 Å². The zero-order valence-electron chi connectivity index (χ0n) is 9.95. The van der Waals surface area contributed by atoms with E-state index in [1.807, 2.05) is 0 Å². The smallest absolute Gasteiger partial charge is 0.0982 e. The molecule has 1 heterocycles. The Morgan fingerprint density at radius 3 is 1.83 bits per heavy atom. The third-order valence-electron chi connectivity index (χ3n) is 3.34. The van der Waals surface area contributed by atoms with Gasteiger partial charge in [-0.1, -0.05) is 60.7 Å². The molecule has 0 unspecified atom stereocenters. The average molecular weight is 254 g/mol. The van der Waals surface area contributed by atoms with Crippen LogP contribution in [0.4, 0.5) is 0 Å². The summed E-state index contributed by atoms with van der Waals surface area (Å²) in [6.07, 6.45) is 3.96. The first-order valence-electron chi connectivity index (χ1n) is 5.99. The van der Waals surface area contributed by atoms with E-state index in [0.717, 1.165) is 5.75 Å². The van der Waals surface area contributed by atoms with Gasteiger partial charge in [0.15, 0.2) is 0 Å². The summed E-state index contributed by atoms with van der Waals surface area (Å²) in [5.41, 5.74) is 2.54. The van der Waals surface area contributed by atoms with Crippen molar-refractivity contribution < 1.29 is 4.18 Å². The third-order valence-corrected chi connectivity index (χ3v) is 4.16. The first kappa shape index (κ1) is 11.4. The fourth-order valence-corrected chi connectivity index (χ4v) is 3.17. The van der Waals surface area contributed by atoms with Crippen LogP contribution in [-0.4, -0.2) is 5.75 Å². The molecule has 0 amide bonds. The van der Waals surface area contributed by atoms with Gasteiger partial charge in [0.1, 0.15) is 0 Å². The zero-order valence-corrected chi connectivity index (χ0v) is 10.8. The molecule has 0 bridgehead atoms. The van der Waals surface area contributed by atoms with E-state index >= 15 is 0 Å². The van der Waals surface area contributed by atoms with Crippen LogP contribution in [0.2, 0.25) is 0 Å². The first-order valence-corrected chi connectivity index (χ1v) is 6.90. The Kier molecular flexibility index (Phi) is 3.11. The van der Waals surface area contributed by atoms with E-state index in [9.17, 15) is 0 Å². The van der Waals surface area contributed by atoms with E-state index in [-0.39, 0.29) is 5.41 Å². The molecule has 0 aromatic heterocycles. The minimum atomic E-state index is -0.0779. The van der Waals surface area contributed by atoms with Crippen molar-refractivity contribution >= 4 is 12.0 Å². The second kappa shape index (κ2) is 4.91. The maximum absolute atomic E-state index is 5.30. The zero-order chi connectivity index (χ0) is 12.3. The summed E-state index contributed by atoms with van der Waals surface area (Å²) in [5.74, 6) is 0.900. The number of benzene rings is 2. The lowest BCUT2D eigenvalue weighted by Gasteiger charge is -2.33. The normalized spacial score (nSPS) is 17.1. The lowest BCUT2D eigenvalue weighted by atomic mass is 9.76. The van der Waals surface area contributed by atoms with Gasteiger partial charge in [0, 0.05) is 5.75 Å². The highest BCUT2D eigenvalue weighted by Gasteiger charge is 2.34. The largest absolute Gasteiger partial charge is 0.434 e. The average Bonchev–Trinajstić information content (AvgIpc) is 2.50. The fraction of sp³-hybridized carbons (Fsp3) is 0.125. The van der Waals surface area contributed by atoms with Gasteiger partial charge in [-0.05, 0) is 17.2 Å². The molecule has 1 aliphatic rings. The van der Waals surface area contributed by atoms with Gasteiger partial charge in [-0.3, -0.25) is 0 Å². The van der Waals surface area contributed by atoms with Crippen molar-refractivity contribution in [1.29, 1.82) is 0 Å². The van der Waals surface area contributed by atoms with E-state index in [4.69, 9.17) is 4.18 Å². The van der Waals surface area contributed by atoms with Gasteiger partial charge < -0.3 is 4.18 Å². The van der Waals surface area contributed by atoms with Crippen LogP contribution < -0.4 is 0 Å². The maximum atomic E-state index is 5.30. The molecule has 0 aliphatic carbocycles. The predicted octanol–water partition coefficient (Wildman–Crippen LogP) is 4.16. The maximum Gasteiger partial charge on any atom is 0.0982 e. The Balaban J connectivity index is 2.16. The molecule has 0 fully saturated rings. The highest BCUT2D eigenvalue weighted by atomic mass is 32.2. The highest BCUT2D eigenvalue weighted by Crippen LogP contribution is 2.39. The second-order valence-electron chi connectivity index (χ2n) is 4.36. The molecule has 1 aliphatic heterocycles. The lowest BCUT2D eigenvalue weighted by Crippen LogP contribution is -2.30. The van der Waals surface area contributed by atoms with Crippen LogP contribution in [-0.2, 0) is 9.60 Å². The molecule has 0 radical (unpaired) electrons. The summed E-state index contributed by atoms with van der Waals surface area (Å²) in [6.45, 7) is 0. The Hall–Kier alpha value is -1.67. The topological polar surface area (TPSA) is 9.23 Å². The highest BCUT2D eigenvalue weighted by molar-refractivity contribution is 7.94. The van der Waals surface area contributed by atoms with Crippen molar-refractivity contribution in [2.45, 2.75) is 5.41 Å². The fourth-order valence-electron chi connectivity index (χ4n) is 2.36. The molecule has 18 heavy (non-hydrogen) atoms. The van der Waals surface area contributed by atoms with Crippen molar-refractivity contribution in [2.75, 3.05) is 5.75 Å². The molecular weight excluding hydrogens is 240 g/mol. The molecule has 0 N–H and O–H groups in total. The van der Waals surface area contributed by atoms with Gasteiger partial charge in [-0.25, -0.2) is 0 Å². The third kappa shape index (κ3) is 1.93. The van der Waals surface area contributed by atoms with Crippen LogP contribution in [0.25, 0.3) is 0 Å². The monoisotopic (exact) mass is 254 g/mol. The summed E-state index contributed by atoms with van der Waals surface area (Å²) >= 11 is 1.50. The van der Waals surface area contributed by atoms with Crippen LogP contribution in [0, 0.1) is 0 Å². The lowest BCUT2D eigenvalue weighted by molar-refractivity contribution is 0.524. The minimum absolute atomic E-state index is 0.0779. The molecule has 2 heteroatoms. The predicted molar refractivity (Wildman–Crippen MR) is 76.3 cm³/mol. The van der Waals surface area contributed by atoms with Gasteiger partial charge in [0.2, 0.25) is 0 Å². The van der Waals surface area contributed by atoms with Crippen LogP contribution in [0.15, 0.2) is 73.0 Å². The van der Waals surface area contributed by atoms with Crippen LogP contribution >= 0.6 is 12.0 Å². The quantitative estimate of drug-likeness (QED) is 0.744. The molecule has 1 nitrogen and oxygen atoms in total. The van der Waals surface area contributed by atoms with Gasteiger partial charge in [0.25, 0.3) is 0 Å². The van der Waals surface area contributed by atoms with Crippen LogP contribution in [0.5, 0.6) is 0 Å². The molecule has 3 rings (SSSR count). The van der Waals surface area contributed by atoms with Crippen molar-refractivity contribution in [2.24, 2.45) is 0 Å². The van der Waals surface area contributed by atoms with Gasteiger partial charge in [-0.2, -0.15) is 0 Å². The summed E-state index contributed by atoms with van der Waals surface area (Å²) in [5, 5.41) is 0.